The molecule has 2 aromatic heterocycles. The molecule has 0 atom stereocenters. The molecule has 2 N–H and O–H groups in total. The first-order chi connectivity index (χ1) is 13.4. The Morgan fingerprint density at radius 1 is 1.07 bits per heavy atom. The number of nitrogens with zero attached hydrogens (tertiary/aromatic N) is 4. The summed E-state index contributed by atoms with van der Waals surface area (Å²) in [7, 11) is 0. The predicted molar refractivity (Wildman–Crippen MR) is 105 cm³/mol. The van der Waals surface area contributed by atoms with E-state index < -0.39 is 0 Å². The number of rotatable bonds is 7. The molecule has 0 saturated carbocycles. The van der Waals surface area contributed by atoms with Gasteiger partial charge in [0, 0.05) is 29.8 Å². The summed E-state index contributed by atoms with van der Waals surface area (Å²) in [6.45, 7) is 8.03. The molecule has 28 heavy (non-hydrogen) atoms. The average Bonchev–Trinajstić information content (AvgIpc) is 3.13. The van der Waals surface area contributed by atoms with Crippen LogP contribution in [0.1, 0.15) is 49.0 Å². The number of amides is 1. The zero-order valence-corrected chi connectivity index (χ0v) is 16.5. The van der Waals surface area contributed by atoms with Crippen LogP contribution in [-0.2, 0) is 11.2 Å². The van der Waals surface area contributed by atoms with Crippen molar-refractivity contribution in [1.82, 2.24) is 25.5 Å². The second-order valence-electron chi connectivity index (χ2n) is 6.94. The van der Waals surface area contributed by atoms with Gasteiger partial charge in [-0.25, -0.2) is 9.97 Å². The minimum atomic E-state index is -0.219. The van der Waals surface area contributed by atoms with Crippen molar-refractivity contribution in [3.8, 4) is 11.4 Å². The molecule has 0 saturated heterocycles. The monoisotopic (exact) mass is 380 g/mol. The van der Waals surface area contributed by atoms with Crippen molar-refractivity contribution in [3.63, 3.8) is 0 Å². The summed E-state index contributed by atoms with van der Waals surface area (Å²) in [5.74, 6) is 1.55. The van der Waals surface area contributed by atoms with Gasteiger partial charge in [-0.3, -0.25) is 15.6 Å². The van der Waals surface area contributed by atoms with E-state index in [-0.39, 0.29) is 12.3 Å². The first-order valence-corrected chi connectivity index (χ1v) is 9.21. The Balaban J connectivity index is 1.51. The third-order valence-corrected chi connectivity index (χ3v) is 4.17. The molecule has 0 bridgehead atoms. The molecular weight excluding hydrogens is 356 g/mol. The zero-order valence-electron chi connectivity index (χ0n) is 16.5. The van der Waals surface area contributed by atoms with Crippen molar-refractivity contribution >= 4 is 11.9 Å². The van der Waals surface area contributed by atoms with Gasteiger partial charge in [0.25, 0.3) is 0 Å². The lowest BCUT2D eigenvalue weighted by atomic mass is 10.0. The van der Waals surface area contributed by atoms with Crippen molar-refractivity contribution in [3.05, 3.63) is 53.2 Å². The van der Waals surface area contributed by atoms with Crippen LogP contribution in [0.4, 0.5) is 5.95 Å². The van der Waals surface area contributed by atoms with Gasteiger partial charge in [0.05, 0.1) is 0 Å². The van der Waals surface area contributed by atoms with Gasteiger partial charge in [-0.15, -0.1) is 0 Å². The fourth-order valence-corrected chi connectivity index (χ4v) is 2.68. The summed E-state index contributed by atoms with van der Waals surface area (Å²) >= 11 is 0. The number of aromatic nitrogens is 4. The van der Waals surface area contributed by atoms with Gasteiger partial charge < -0.3 is 4.52 Å². The van der Waals surface area contributed by atoms with Crippen LogP contribution in [0, 0.1) is 13.8 Å². The van der Waals surface area contributed by atoms with Crippen molar-refractivity contribution in [1.29, 1.82) is 0 Å². The van der Waals surface area contributed by atoms with Crippen molar-refractivity contribution in [2.75, 3.05) is 5.43 Å². The summed E-state index contributed by atoms with van der Waals surface area (Å²) in [4.78, 5) is 24.8. The minimum absolute atomic E-state index is 0.200. The first-order valence-electron chi connectivity index (χ1n) is 9.21. The number of benzene rings is 1. The van der Waals surface area contributed by atoms with Crippen LogP contribution in [0.5, 0.6) is 0 Å². The number of anilines is 1. The molecule has 0 radical (unpaired) electrons. The van der Waals surface area contributed by atoms with Gasteiger partial charge in [0.15, 0.2) is 0 Å². The molecule has 3 aromatic rings. The van der Waals surface area contributed by atoms with E-state index in [2.05, 4.69) is 56.9 Å². The van der Waals surface area contributed by atoms with Crippen LogP contribution in [0.3, 0.4) is 0 Å². The van der Waals surface area contributed by atoms with Gasteiger partial charge in [-0.1, -0.05) is 43.3 Å². The predicted octanol–water partition coefficient (Wildman–Crippen LogP) is 3.34. The van der Waals surface area contributed by atoms with Crippen LogP contribution >= 0.6 is 0 Å². The molecule has 0 aliphatic carbocycles. The molecular formula is C20H24N6O2. The van der Waals surface area contributed by atoms with Crippen molar-refractivity contribution < 1.29 is 9.32 Å². The standard InChI is InChI=1S/C20H24N6O2/c1-12(2)15-5-7-16(8-6-15)19-23-18(28-26-19)10-9-17(27)24-25-20-21-13(3)11-14(4)22-20/h5-8,11-12H,9-10H2,1-4H3,(H,24,27)(H,21,22,25). The van der Waals surface area contributed by atoms with Crippen LogP contribution < -0.4 is 10.9 Å². The highest BCUT2D eigenvalue weighted by Crippen LogP contribution is 2.20. The Morgan fingerprint density at radius 3 is 2.39 bits per heavy atom. The number of carbonyl (C=O) groups is 1. The van der Waals surface area contributed by atoms with Crippen LogP contribution in [0.25, 0.3) is 11.4 Å². The number of hydrogen-bond acceptors (Lipinski definition) is 7. The van der Waals surface area contributed by atoms with Gasteiger partial charge in [-0.05, 0) is 31.4 Å². The Kier molecular flexibility index (Phi) is 5.98. The third-order valence-electron chi connectivity index (χ3n) is 4.17. The lowest BCUT2D eigenvalue weighted by Gasteiger charge is -2.07. The number of nitrogens with one attached hydrogen (secondary N) is 2. The Morgan fingerprint density at radius 2 is 1.75 bits per heavy atom. The summed E-state index contributed by atoms with van der Waals surface area (Å²) in [5, 5.41) is 4.00. The fraction of sp³-hybridized carbons (Fsp3) is 0.350. The second kappa shape index (κ2) is 8.60. The van der Waals surface area contributed by atoms with Crippen LogP contribution in [-0.4, -0.2) is 26.0 Å². The highest BCUT2D eigenvalue weighted by Gasteiger charge is 2.11. The summed E-state index contributed by atoms with van der Waals surface area (Å²) < 4.78 is 5.26. The molecule has 0 unspecified atom stereocenters. The average molecular weight is 380 g/mol. The zero-order chi connectivity index (χ0) is 20.1. The fourth-order valence-electron chi connectivity index (χ4n) is 2.68. The van der Waals surface area contributed by atoms with E-state index in [0.29, 0.717) is 30.0 Å². The molecule has 2 heterocycles. The van der Waals surface area contributed by atoms with Gasteiger partial charge in [-0.2, -0.15) is 4.98 Å². The second-order valence-corrected chi connectivity index (χ2v) is 6.94. The topological polar surface area (TPSA) is 106 Å². The van der Waals surface area contributed by atoms with Crippen molar-refractivity contribution in [2.45, 2.75) is 46.5 Å². The SMILES string of the molecule is Cc1cc(C)nc(NNC(=O)CCc2nc(-c3ccc(C(C)C)cc3)no2)n1. The van der Waals surface area contributed by atoms with Gasteiger partial charge >= 0.3 is 0 Å². The molecule has 0 aliphatic heterocycles. The largest absolute Gasteiger partial charge is 0.339 e. The number of hydrazine groups is 1. The summed E-state index contributed by atoms with van der Waals surface area (Å²) in [6, 6.07) is 9.93. The van der Waals surface area contributed by atoms with E-state index in [1.807, 2.05) is 32.0 Å². The van der Waals surface area contributed by atoms with E-state index in [1.165, 1.54) is 5.56 Å². The highest BCUT2D eigenvalue weighted by molar-refractivity contribution is 5.77. The van der Waals surface area contributed by atoms with Gasteiger partial charge in [0.2, 0.25) is 23.6 Å². The molecule has 0 spiro atoms. The summed E-state index contributed by atoms with van der Waals surface area (Å²) in [5.41, 5.74) is 9.08. The smallest absolute Gasteiger partial charge is 0.242 e. The molecule has 0 aliphatic rings. The molecule has 8 heteroatoms. The lowest BCUT2D eigenvalue weighted by molar-refractivity contribution is -0.120. The molecule has 8 nitrogen and oxygen atoms in total. The minimum Gasteiger partial charge on any atom is -0.339 e. The first kappa shape index (κ1) is 19.5. The van der Waals surface area contributed by atoms with E-state index in [9.17, 15) is 4.79 Å². The summed E-state index contributed by atoms with van der Waals surface area (Å²) in [6.07, 6.45) is 0.546. The normalized spacial score (nSPS) is 10.9. The Labute approximate surface area is 163 Å². The maximum atomic E-state index is 12.0. The number of aryl methyl sites for hydroxylation is 3. The molecule has 1 amide bonds. The van der Waals surface area contributed by atoms with E-state index >= 15 is 0 Å². The van der Waals surface area contributed by atoms with Crippen LogP contribution in [0.2, 0.25) is 0 Å². The van der Waals surface area contributed by atoms with E-state index in [0.717, 1.165) is 17.0 Å². The molecule has 0 fully saturated rings. The highest BCUT2D eigenvalue weighted by atomic mass is 16.5. The maximum Gasteiger partial charge on any atom is 0.242 e. The lowest BCUT2D eigenvalue weighted by Crippen LogP contribution is -2.30. The maximum absolute atomic E-state index is 12.0. The third kappa shape index (κ3) is 5.12. The number of carbonyl (C=O) groups excluding carboxylic acids is 1. The number of hydrogen-bond donors (Lipinski definition) is 2. The van der Waals surface area contributed by atoms with Crippen molar-refractivity contribution in [2.24, 2.45) is 0 Å². The Bertz CT molecular complexity index is 929. The molecule has 1 aromatic carbocycles. The van der Waals surface area contributed by atoms with Crippen LogP contribution in [0.15, 0.2) is 34.9 Å². The quantitative estimate of drug-likeness (QED) is 0.606. The molecule has 3 rings (SSSR count). The van der Waals surface area contributed by atoms with E-state index in [1.54, 1.807) is 0 Å². The van der Waals surface area contributed by atoms with E-state index in [4.69, 9.17) is 4.52 Å². The van der Waals surface area contributed by atoms with Gasteiger partial charge in [0.1, 0.15) is 0 Å². The Hall–Kier alpha value is -3.29. The molecule has 146 valence electrons.